The van der Waals surface area contributed by atoms with E-state index in [0.29, 0.717) is 5.41 Å². The summed E-state index contributed by atoms with van der Waals surface area (Å²) in [4.78, 5) is 0. The zero-order chi connectivity index (χ0) is 18.5. The van der Waals surface area contributed by atoms with E-state index < -0.39 is 0 Å². The van der Waals surface area contributed by atoms with Crippen molar-refractivity contribution in [2.75, 3.05) is 5.32 Å². The molecule has 1 nitrogen and oxygen atoms in total. The molecule has 136 valence electrons. The molecule has 0 unspecified atom stereocenters. The summed E-state index contributed by atoms with van der Waals surface area (Å²) >= 11 is 0. The van der Waals surface area contributed by atoms with Gasteiger partial charge in [-0.05, 0) is 65.5 Å². The highest BCUT2D eigenvalue weighted by atomic mass is 14.9. The highest BCUT2D eigenvalue weighted by molar-refractivity contribution is 5.60. The molecular formula is C24H35N. The Morgan fingerprint density at radius 2 is 1.28 bits per heavy atom. The quantitative estimate of drug-likeness (QED) is 0.552. The average Bonchev–Trinajstić information content (AvgIpc) is 2.52. The van der Waals surface area contributed by atoms with Crippen molar-refractivity contribution in [2.45, 2.75) is 72.6 Å². The lowest BCUT2D eigenvalue weighted by Gasteiger charge is -2.33. The molecule has 0 spiro atoms. The van der Waals surface area contributed by atoms with Crippen LogP contribution in [0, 0.1) is 5.41 Å². The predicted octanol–water partition coefficient (Wildman–Crippen LogP) is 7.49. The van der Waals surface area contributed by atoms with E-state index in [1.165, 1.54) is 36.8 Å². The molecule has 0 saturated carbocycles. The van der Waals surface area contributed by atoms with E-state index in [4.69, 9.17) is 0 Å². The van der Waals surface area contributed by atoms with Crippen LogP contribution < -0.4 is 5.32 Å². The monoisotopic (exact) mass is 337 g/mol. The molecule has 1 N–H and O–H groups in total. The Morgan fingerprint density at radius 1 is 0.760 bits per heavy atom. The van der Waals surface area contributed by atoms with Gasteiger partial charge < -0.3 is 5.32 Å². The Balaban J connectivity index is 2.02. The van der Waals surface area contributed by atoms with Crippen LogP contribution in [0.1, 0.15) is 71.9 Å². The highest BCUT2D eigenvalue weighted by Crippen LogP contribution is 2.36. The van der Waals surface area contributed by atoms with Crippen molar-refractivity contribution < 1.29 is 0 Å². The molecule has 0 heterocycles. The summed E-state index contributed by atoms with van der Waals surface area (Å²) in [5.41, 5.74) is 5.66. The Bertz CT molecular complexity index is 642. The largest absolute Gasteiger partial charge is 0.356 e. The normalized spacial score (nSPS) is 12.2. The van der Waals surface area contributed by atoms with Crippen molar-refractivity contribution in [2.24, 2.45) is 5.41 Å². The Labute approximate surface area is 154 Å². The van der Waals surface area contributed by atoms with E-state index in [-0.39, 0.29) is 5.41 Å². The molecule has 0 bridgehead atoms. The highest BCUT2D eigenvalue weighted by Gasteiger charge is 2.26. The van der Waals surface area contributed by atoms with Crippen molar-refractivity contribution in [1.29, 1.82) is 0 Å². The number of benzene rings is 2. The summed E-state index contributed by atoms with van der Waals surface area (Å²) in [6, 6.07) is 17.8. The summed E-state index contributed by atoms with van der Waals surface area (Å²) in [5.74, 6) is 0. The van der Waals surface area contributed by atoms with Gasteiger partial charge in [-0.1, -0.05) is 72.2 Å². The second-order valence-corrected chi connectivity index (χ2v) is 9.12. The first-order valence-electron chi connectivity index (χ1n) is 9.66. The van der Waals surface area contributed by atoms with Gasteiger partial charge in [0.25, 0.3) is 0 Å². The third-order valence-corrected chi connectivity index (χ3v) is 4.70. The second-order valence-electron chi connectivity index (χ2n) is 9.12. The summed E-state index contributed by atoms with van der Waals surface area (Å²) in [6.07, 6.45) is 4.86. The van der Waals surface area contributed by atoms with E-state index in [1.54, 1.807) is 0 Å². The topological polar surface area (TPSA) is 12.0 Å². The van der Waals surface area contributed by atoms with E-state index in [9.17, 15) is 0 Å². The van der Waals surface area contributed by atoms with E-state index in [2.05, 4.69) is 95.4 Å². The second kappa shape index (κ2) is 8.08. The van der Waals surface area contributed by atoms with Crippen LogP contribution in [0.2, 0.25) is 0 Å². The van der Waals surface area contributed by atoms with Gasteiger partial charge in [-0.25, -0.2) is 0 Å². The summed E-state index contributed by atoms with van der Waals surface area (Å²) in [7, 11) is 0. The third-order valence-electron chi connectivity index (χ3n) is 4.70. The van der Waals surface area contributed by atoms with Gasteiger partial charge in [0.2, 0.25) is 0 Å². The lowest BCUT2D eigenvalue weighted by molar-refractivity contribution is 0.284. The van der Waals surface area contributed by atoms with Gasteiger partial charge in [0.1, 0.15) is 0 Å². The zero-order valence-electron chi connectivity index (χ0n) is 16.9. The maximum Gasteiger partial charge on any atom is 0.0384 e. The first kappa shape index (κ1) is 19.6. The van der Waals surface area contributed by atoms with E-state index in [1.807, 2.05) is 0 Å². The molecule has 0 amide bonds. The lowest BCUT2D eigenvalue weighted by Crippen LogP contribution is -2.24. The smallest absolute Gasteiger partial charge is 0.0384 e. The SMILES string of the molecule is CCCCc1ccc(Nc2ccc(C(C)(C)CC(C)(C)C)cc2)cc1. The molecule has 2 aromatic rings. The fraction of sp³-hybridized carbons (Fsp3) is 0.500. The molecule has 0 radical (unpaired) electrons. The number of rotatable bonds is 7. The number of hydrogen-bond acceptors (Lipinski definition) is 1. The van der Waals surface area contributed by atoms with Crippen molar-refractivity contribution >= 4 is 11.4 Å². The first-order chi connectivity index (χ1) is 11.7. The zero-order valence-corrected chi connectivity index (χ0v) is 16.9. The van der Waals surface area contributed by atoms with Crippen molar-refractivity contribution in [3.8, 4) is 0 Å². The fourth-order valence-electron chi connectivity index (χ4n) is 3.73. The molecule has 25 heavy (non-hydrogen) atoms. The Morgan fingerprint density at radius 3 is 1.76 bits per heavy atom. The minimum absolute atomic E-state index is 0.192. The number of anilines is 2. The number of aryl methyl sites for hydroxylation is 1. The Kier molecular flexibility index (Phi) is 6.32. The van der Waals surface area contributed by atoms with Crippen LogP contribution in [0.15, 0.2) is 48.5 Å². The summed E-state index contributed by atoms with van der Waals surface area (Å²) < 4.78 is 0. The van der Waals surface area contributed by atoms with Crippen LogP contribution in [0.4, 0.5) is 11.4 Å². The van der Waals surface area contributed by atoms with Gasteiger partial charge >= 0.3 is 0 Å². The molecule has 0 saturated heterocycles. The standard InChI is InChI=1S/C24H35N/c1-7-8-9-19-10-14-21(15-11-19)25-22-16-12-20(13-17-22)24(5,6)18-23(2,3)4/h10-17,25H,7-9,18H2,1-6H3. The number of hydrogen-bond donors (Lipinski definition) is 1. The predicted molar refractivity (Wildman–Crippen MR) is 112 cm³/mol. The van der Waals surface area contributed by atoms with Gasteiger partial charge in [0, 0.05) is 11.4 Å². The van der Waals surface area contributed by atoms with Crippen LogP contribution in [0.5, 0.6) is 0 Å². The molecule has 0 aliphatic rings. The molecular weight excluding hydrogens is 302 g/mol. The summed E-state index contributed by atoms with van der Waals surface area (Å²) in [6.45, 7) is 13.9. The molecule has 2 aromatic carbocycles. The van der Waals surface area contributed by atoms with Crippen LogP contribution in [-0.4, -0.2) is 0 Å². The lowest BCUT2D eigenvalue weighted by atomic mass is 9.72. The molecule has 0 aliphatic heterocycles. The minimum Gasteiger partial charge on any atom is -0.356 e. The molecule has 1 heteroatoms. The minimum atomic E-state index is 0.192. The molecule has 0 aliphatic carbocycles. The maximum atomic E-state index is 3.51. The molecule has 0 atom stereocenters. The Hall–Kier alpha value is -1.76. The van der Waals surface area contributed by atoms with Crippen molar-refractivity contribution in [3.05, 3.63) is 59.7 Å². The third kappa shape index (κ3) is 6.23. The van der Waals surface area contributed by atoms with Crippen LogP contribution >= 0.6 is 0 Å². The molecule has 0 fully saturated rings. The van der Waals surface area contributed by atoms with Gasteiger partial charge in [-0.2, -0.15) is 0 Å². The number of unbranched alkanes of at least 4 members (excludes halogenated alkanes) is 1. The van der Waals surface area contributed by atoms with Crippen LogP contribution in [0.3, 0.4) is 0 Å². The van der Waals surface area contributed by atoms with Crippen LogP contribution in [-0.2, 0) is 11.8 Å². The van der Waals surface area contributed by atoms with E-state index >= 15 is 0 Å². The maximum absolute atomic E-state index is 3.51. The summed E-state index contributed by atoms with van der Waals surface area (Å²) in [5, 5.41) is 3.51. The van der Waals surface area contributed by atoms with Crippen molar-refractivity contribution in [1.82, 2.24) is 0 Å². The van der Waals surface area contributed by atoms with Gasteiger partial charge in [-0.3, -0.25) is 0 Å². The molecule has 2 rings (SSSR count). The number of nitrogens with one attached hydrogen (secondary N) is 1. The first-order valence-corrected chi connectivity index (χ1v) is 9.66. The van der Waals surface area contributed by atoms with Gasteiger partial charge in [0.05, 0.1) is 0 Å². The molecule has 0 aromatic heterocycles. The average molecular weight is 338 g/mol. The van der Waals surface area contributed by atoms with E-state index in [0.717, 1.165) is 11.4 Å². The van der Waals surface area contributed by atoms with Crippen LogP contribution in [0.25, 0.3) is 0 Å². The van der Waals surface area contributed by atoms with Gasteiger partial charge in [-0.15, -0.1) is 0 Å². The fourth-order valence-corrected chi connectivity index (χ4v) is 3.73. The van der Waals surface area contributed by atoms with Crippen molar-refractivity contribution in [3.63, 3.8) is 0 Å². The van der Waals surface area contributed by atoms with Gasteiger partial charge in [0.15, 0.2) is 0 Å².